The van der Waals surface area contributed by atoms with Crippen molar-refractivity contribution in [1.29, 1.82) is 0 Å². The highest BCUT2D eigenvalue weighted by Crippen LogP contribution is 2.38. The van der Waals surface area contributed by atoms with Gasteiger partial charge in [0.25, 0.3) is 0 Å². The molecule has 21 heavy (non-hydrogen) atoms. The first-order valence-corrected chi connectivity index (χ1v) is 8.37. The number of thiazole rings is 1. The molecular formula is C13H21N5OS2. The average Bonchev–Trinajstić information content (AvgIpc) is 2.99. The molecule has 2 aromatic rings. The molecule has 0 spiro atoms. The van der Waals surface area contributed by atoms with Crippen molar-refractivity contribution in [2.45, 2.75) is 6.92 Å². The van der Waals surface area contributed by atoms with Crippen molar-refractivity contribution in [3.63, 3.8) is 0 Å². The topological polar surface area (TPSA) is 76.3 Å². The highest BCUT2D eigenvalue weighted by molar-refractivity contribution is 7.15. The van der Waals surface area contributed by atoms with Gasteiger partial charge in [-0.3, -0.25) is 0 Å². The van der Waals surface area contributed by atoms with Gasteiger partial charge < -0.3 is 20.7 Å². The van der Waals surface area contributed by atoms with Crippen molar-refractivity contribution in [3.8, 4) is 10.6 Å². The summed E-state index contributed by atoms with van der Waals surface area (Å²) in [6.45, 7) is 5.02. The number of nitrogen functional groups attached to an aromatic ring is 1. The molecule has 0 aliphatic heterocycles. The Morgan fingerprint density at radius 3 is 2.86 bits per heavy atom. The molecule has 0 saturated carbocycles. The van der Waals surface area contributed by atoms with E-state index >= 15 is 0 Å². The molecule has 0 bridgehead atoms. The maximum absolute atomic E-state index is 5.96. The number of anilines is 2. The number of nitrogens with one attached hydrogen (secondary N) is 1. The van der Waals surface area contributed by atoms with E-state index in [0.717, 1.165) is 41.0 Å². The molecule has 0 amide bonds. The molecule has 0 unspecified atom stereocenters. The molecular weight excluding hydrogens is 306 g/mol. The van der Waals surface area contributed by atoms with Crippen LogP contribution in [0, 0.1) is 6.92 Å². The monoisotopic (exact) mass is 327 g/mol. The molecule has 8 heteroatoms. The second kappa shape index (κ2) is 7.69. The number of nitrogens with two attached hydrogens (primary N) is 1. The van der Waals surface area contributed by atoms with Crippen LogP contribution < -0.4 is 11.1 Å². The molecule has 3 N–H and O–H groups in total. The predicted octanol–water partition coefficient (Wildman–Crippen LogP) is 2.15. The summed E-state index contributed by atoms with van der Waals surface area (Å²) in [6.07, 6.45) is 0. The number of rotatable bonds is 8. The molecule has 6 nitrogen and oxygen atoms in total. The van der Waals surface area contributed by atoms with Gasteiger partial charge in [0.2, 0.25) is 0 Å². The van der Waals surface area contributed by atoms with Crippen molar-refractivity contribution >= 4 is 33.7 Å². The minimum Gasteiger partial charge on any atom is -0.382 e. The number of hydrogen-bond donors (Lipinski definition) is 2. The van der Waals surface area contributed by atoms with Crippen LogP contribution in [0.25, 0.3) is 10.6 Å². The van der Waals surface area contributed by atoms with Crippen molar-refractivity contribution in [2.24, 2.45) is 0 Å². The van der Waals surface area contributed by atoms with Crippen molar-refractivity contribution in [1.82, 2.24) is 14.3 Å². The number of aryl methyl sites for hydroxylation is 1. The maximum Gasteiger partial charge on any atom is 0.149 e. The molecule has 0 saturated heterocycles. The van der Waals surface area contributed by atoms with Crippen LogP contribution >= 0.6 is 22.9 Å². The zero-order valence-corrected chi connectivity index (χ0v) is 14.2. The SMILES string of the molecule is Cc1csc(-c2c(N)nsc2NCCOCCN(C)C)n1. The van der Waals surface area contributed by atoms with Gasteiger partial charge >= 0.3 is 0 Å². The predicted molar refractivity (Wildman–Crippen MR) is 90.2 cm³/mol. The van der Waals surface area contributed by atoms with Gasteiger partial charge in [-0.1, -0.05) is 0 Å². The smallest absolute Gasteiger partial charge is 0.149 e. The van der Waals surface area contributed by atoms with Crippen LogP contribution in [0.5, 0.6) is 0 Å². The number of hydrogen-bond acceptors (Lipinski definition) is 8. The summed E-state index contributed by atoms with van der Waals surface area (Å²) in [4.78, 5) is 6.58. The van der Waals surface area contributed by atoms with Crippen LogP contribution in [0.4, 0.5) is 10.8 Å². The van der Waals surface area contributed by atoms with Gasteiger partial charge in [0.05, 0.1) is 18.8 Å². The van der Waals surface area contributed by atoms with Gasteiger partial charge in [-0.15, -0.1) is 11.3 Å². The summed E-state index contributed by atoms with van der Waals surface area (Å²) in [5.74, 6) is 0.533. The minimum absolute atomic E-state index is 0.533. The Balaban J connectivity index is 1.87. The van der Waals surface area contributed by atoms with Crippen LogP contribution in [0.1, 0.15) is 5.69 Å². The van der Waals surface area contributed by atoms with E-state index < -0.39 is 0 Å². The molecule has 0 aliphatic carbocycles. The summed E-state index contributed by atoms with van der Waals surface area (Å²) < 4.78 is 9.78. The van der Waals surface area contributed by atoms with Crippen molar-refractivity contribution in [2.75, 3.05) is 51.4 Å². The standard InChI is InChI=1S/C13H21N5OS2/c1-9-8-20-13(16-9)10-11(14)17-21-12(10)15-4-6-19-7-5-18(2)3/h8,15H,4-7H2,1-3H3,(H2,14,17). The first-order valence-electron chi connectivity index (χ1n) is 6.72. The molecule has 0 radical (unpaired) electrons. The van der Waals surface area contributed by atoms with E-state index in [9.17, 15) is 0 Å². The lowest BCUT2D eigenvalue weighted by Crippen LogP contribution is -2.19. The lowest BCUT2D eigenvalue weighted by molar-refractivity contribution is 0.126. The van der Waals surface area contributed by atoms with E-state index in [4.69, 9.17) is 10.5 Å². The Hall–Kier alpha value is -1.22. The van der Waals surface area contributed by atoms with E-state index in [0.29, 0.717) is 12.4 Å². The largest absolute Gasteiger partial charge is 0.382 e. The fourth-order valence-electron chi connectivity index (χ4n) is 1.68. The maximum atomic E-state index is 5.96. The first-order chi connectivity index (χ1) is 10.1. The quantitative estimate of drug-likeness (QED) is 0.724. The zero-order valence-electron chi connectivity index (χ0n) is 12.5. The fourth-order valence-corrected chi connectivity index (χ4v) is 3.35. The summed E-state index contributed by atoms with van der Waals surface area (Å²) in [6, 6.07) is 0. The molecule has 2 aromatic heterocycles. The molecule has 2 rings (SSSR count). The number of aromatic nitrogens is 2. The molecule has 0 fully saturated rings. The Morgan fingerprint density at radius 2 is 2.19 bits per heavy atom. The van der Waals surface area contributed by atoms with Gasteiger partial charge in [0.15, 0.2) is 0 Å². The third kappa shape index (κ3) is 4.63. The molecule has 0 aromatic carbocycles. The van der Waals surface area contributed by atoms with E-state index in [-0.39, 0.29) is 0 Å². The first kappa shape index (κ1) is 16.2. The highest BCUT2D eigenvalue weighted by Gasteiger charge is 2.16. The van der Waals surface area contributed by atoms with Crippen LogP contribution in [-0.4, -0.2) is 54.7 Å². The molecule has 2 heterocycles. The number of likely N-dealkylation sites (N-methyl/N-ethyl adjacent to an activating group) is 1. The third-order valence-corrected chi connectivity index (χ3v) is 4.56. The Morgan fingerprint density at radius 1 is 1.38 bits per heavy atom. The second-order valence-electron chi connectivity index (χ2n) is 4.91. The average molecular weight is 327 g/mol. The minimum atomic E-state index is 0.533. The second-order valence-corrected chi connectivity index (χ2v) is 6.54. The molecule has 116 valence electrons. The molecule has 0 aliphatic rings. The molecule has 0 atom stereocenters. The third-order valence-electron chi connectivity index (χ3n) is 2.77. The zero-order chi connectivity index (χ0) is 15.2. The summed E-state index contributed by atoms with van der Waals surface area (Å²) >= 11 is 2.95. The highest BCUT2D eigenvalue weighted by atomic mass is 32.1. The van der Waals surface area contributed by atoms with E-state index in [1.165, 1.54) is 11.5 Å². The lowest BCUT2D eigenvalue weighted by atomic mass is 10.3. The van der Waals surface area contributed by atoms with Gasteiger partial charge in [-0.2, -0.15) is 4.37 Å². The Kier molecular flexibility index (Phi) is 5.92. The summed E-state index contributed by atoms with van der Waals surface area (Å²) in [5, 5.41) is 7.22. The van der Waals surface area contributed by atoms with Gasteiger partial charge in [-0.25, -0.2) is 4.98 Å². The van der Waals surface area contributed by atoms with Crippen LogP contribution in [0.3, 0.4) is 0 Å². The van der Waals surface area contributed by atoms with Gasteiger partial charge in [-0.05, 0) is 32.6 Å². The van der Waals surface area contributed by atoms with E-state index in [1.54, 1.807) is 11.3 Å². The Labute approximate surface area is 133 Å². The summed E-state index contributed by atoms with van der Waals surface area (Å²) in [5.41, 5.74) is 7.86. The number of nitrogens with zero attached hydrogens (tertiary/aromatic N) is 3. The van der Waals surface area contributed by atoms with Gasteiger partial charge in [0, 0.05) is 24.2 Å². The van der Waals surface area contributed by atoms with Crippen LogP contribution in [0.15, 0.2) is 5.38 Å². The van der Waals surface area contributed by atoms with E-state index in [1.807, 2.05) is 26.4 Å². The van der Waals surface area contributed by atoms with Crippen molar-refractivity contribution < 1.29 is 4.74 Å². The van der Waals surface area contributed by atoms with Crippen LogP contribution in [-0.2, 0) is 4.74 Å². The van der Waals surface area contributed by atoms with Crippen LogP contribution in [0.2, 0.25) is 0 Å². The lowest BCUT2D eigenvalue weighted by Gasteiger charge is -2.10. The number of ether oxygens (including phenoxy) is 1. The normalized spacial score (nSPS) is 11.2. The van der Waals surface area contributed by atoms with Gasteiger partial charge in [0.1, 0.15) is 15.8 Å². The summed E-state index contributed by atoms with van der Waals surface area (Å²) in [7, 11) is 4.06. The van der Waals surface area contributed by atoms with E-state index in [2.05, 4.69) is 19.6 Å². The van der Waals surface area contributed by atoms with Crippen molar-refractivity contribution in [3.05, 3.63) is 11.1 Å². The Bertz CT molecular complexity index is 567. The fraction of sp³-hybridized carbons (Fsp3) is 0.538.